The number of carbonyl (C=O) groups is 1. The van der Waals surface area contributed by atoms with Crippen LogP contribution in [0.5, 0.6) is 0 Å². The molecule has 1 aliphatic heterocycles. The number of carbonyl (C=O) groups excluding carboxylic acids is 1. The Morgan fingerprint density at radius 2 is 1.76 bits per heavy atom. The number of benzene rings is 2. The summed E-state index contributed by atoms with van der Waals surface area (Å²) < 4.78 is 5.37. The smallest absolute Gasteiger partial charge is 0.251 e. The van der Waals surface area contributed by atoms with Crippen LogP contribution in [0.4, 0.5) is 5.82 Å². The molecule has 6 heteroatoms. The van der Waals surface area contributed by atoms with Crippen LogP contribution < -0.4 is 10.2 Å². The predicted octanol–water partition coefficient (Wildman–Crippen LogP) is 3.22. The Morgan fingerprint density at radius 1 is 1.00 bits per heavy atom. The van der Waals surface area contributed by atoms with Crippen molar-refractivity contribution in [2.24, 2.45) is 0 Å². The fraction of sp³-hybridized carbons (Fsp3) is 0.261. The number of aryl methyl sites for hydroxylation is 1. The first kappa shape index (κ1) is 19.1. The number of morpholine rings is 1. The molecule has 1 amide bonds. The topological polar surface area (TPSA) is 67.4 Å². The molecule has 4 rings (SSSR count). The molecule has 0 atom stereocenters. The molecule has 1 aromatic heterocycles. The maximum absolute atomic E-state index is 12.4. The van der Waals surface area contributed by atoms with Gasteiger partial charge in [0.1, 0.15) is 0 Å². The summed E-state index contributed by atoms with van der Waals surface area (Å²) in [6.45, 7) is 5.66. The van der Waals surface area contributed by atoms with Crippen molar-refractivity contribution in [3.05, 3.63) is 77.4 Å². The van der Waals surface area contributed by atoms with Gasteiger partial charge in [0.2, 0.25) is 0 Å². The lowest BCUT2D eigenvalue weighted by Gasteiger charge is -2.27. The van der Waals surface area contributed by atoms with E-state index in [0.29, 0.717) is 12.1 Å². The third-order valence-corrected chi connectivity index (χ3v) is 5.13. The number of amides is 1. The fourth-order valence-electron chi connectivity index (χ4n) is 3.32. The second-order valence-electron chi connectivity index (χ2n) is 7.06. The number of anilines is 1. The molecule has 1 N–H and O–H groups in total. The van der Waals surface area contributed by atoms with Crippen LogP contribution in [-0.2, 0) is 11.3 Å². The molecule has 1 fully saturated rings. The molecule has 3 aromatic rings. The lowest BCUT2D eigenvalue weighted by Crippen LogP contribution is -2.36. The molecule has 148 valence electrons. The normalized spacial score (nSPS) is 13.9. The van der Waals surface area contributed by atoms with Gasteiger partial charge in [-0.15, -0.1) is 10.2 Å². The Bertz CT molecular complexity index is 965. The molecule has 0 unspecified atom stereocenters. The zero-order chi connectivity index (χ0) is 20.1. The van der Waals surface area contributed by atoms with E-state index in [-0.39, 0.29) is 5.91 Å². The van der Waals surface area contributed by atoms with Crippen molar-refractivity contribution in [3.8, 4) is 11.3 Å². The van der Waals surface area contributed by atoms with Gasteiger partial charge in [-0.2, -0.15) is 0 Å². The number of aromatic nitrogens is 2. The van der Waals surface area contributed by atoms with E-state index in [4.69, 9.17) is 4.74 Å². The van der Waals surface area contributed by atoms with E-state index < -0.39 is 0 Å². The van der Waals surface area contributed by atoms with Crippen molar-refractivity contribution in [3.63, 3.8) is 0 Å². The van der Waals surface area contributed by atoms with Crippen molar-refractivity contribution in [2.75, 3.05) is 31.2 Å². The second-order valence-corrected chi connectivity index (χ2v) is 7.06. The van der Waals surface area contributed by atoms with E-state index in [0.717, 1.165) is 48.9 Å². The number of hydrogen-bond acceptors (Lipinski definition) is 5. The molecular weight excluding hydrogens is 364 g/mol. The van der Waals surface area contributed by atoms with Crippen LogP contribution in [0, 0.1) is 6.92 Å². The molecule has 2 heterocycles. The second kappa shape index (κ2) is 8.84. The Kier molecular flexibility index (Phi) is 5.81. The predicted molar refractivity (Wildman–Crippen MR) is 113 cm³/mol. The van der Waals surface area contributed by atoms with E-state index in [1.807, 2.05) is 67.6 Å². The highest BCUT2D eigenvalue weighted by Gasteiger charge is 2.13. The average molecular weight is 388 g/mol. The fourth-order valence-corrected chi connectivity index (χ4v) is 3.32. The molecule has 29 heavy (non-hydrogen) atoms. The van der Waals surface area contributed by atoms with Crippen LogP contribution in [0.1, 0.15) is 21.5 Å². The van der Waals surface area contributed by atoms with Gasteiger partial charge in [0.25, 0.3) is 5.91 Å². The molecule has 1 saturated heterocycles. The molecule has 0 aliphatic carbocycles. The molecule has 6 nitrogen and oxygen atoms in total. The molecule has 0 radical (unpaired) electrons. The summed E-state index contributed by atoms with van der Waals surface area (Å²) in [5.74, 6) is 0.776. The standard InChI is InChI=1S/C23H24N4O2/c1-17-4-2-3-5-20(17)16-24-23(28)19-8-6-18(7-9-19)21-10-11-22(26-25-21)27-12-14-29-15-13-27/h2-11H,12-16H2,1H3,(H,24,28). The van der Waals surface area contributed by atoms with E-state index in [9.17, 15) is 4.79 Å². The van der Waals surface area contributed by atoms with Crippen molar-refractivity contribution < 1.29 is 9.53 Å². The number of nitrogens with one attached hydrogen (secondary N) is 1. The van der Waals surface area contributed by atoms with Gasteiger partial charge in [0.15, 0.2) is 5.82 Å². The van der Waals surface area contributed by atoms with Crippen LogP contribution in [0.3, 0.4) is 0 Å². The van der Waals surface area contributed by atoms with Crippen LogP contribution in [0.2, 0.25) is 0 Å². The van der Waals surface area contributed by atoms with Gasteiger partial charge >= 0.3 is 0 Å². The summed E-state index contributed by atoms with van der Waals surface area (Å²) in [5.41, 5.74) is 4.63. The summed E-state index contributed by atoms with van der Waals surface area (Å²) in [7, 11) is 0. The number of hydrogen-bond donors (Lipinski definition) is 1. The van der Waals surface area contributed by atoms with E-state index in [2.05, 4.69) is 20.4 Å². The summed E-state index contributed by atoms with van der Waals surface area (Å²) in [4.78, 5) is 14.6. The Labute approximate surface area is 170 Å². The molecular formula is C23H24N4O2. The quantitative estimate of drug-likeness (QED) is 0.727. The Morgan fingerprint density at radius 3 is 2.45 bits per heavy atom. The summed E-state index contributed by atoms with van der Waals surface area (Å²) >= 11 is 0. The average Bonchev–Trinajstić information content (AvgIpc) is 2.79. The number of nitrogens with zero attached hydrogens (tertiary/aromatic N) is 3. The molecule has 0 bridgehead atoms. The summed E-state index contributed by atoms with van der Waals surface area (Å²) in [5, 5.41) is 11.7. The maximum atomic E-state index is 12.4. The Balaban J connectivity index is 1.39. The highest BCUT2D eigenvalue weighted by Crippen LogP contribution is 2.20. The minimum absolute atomic E-state index is 0.0893. The molecule has 2 aromatic carbocycles. The largest absolute Gasteiger partial charge is 0.378 e. The molecule has 1 aliphatic rings. The third kappa shape index (κ3) is 4.60. The van der Waals surface area contributed by atoms with E-state index in [1.54, 1.807) is 0 Å². The van der Waals surface area contributed by atoms with Gasteiger partial charge in [-0.05, 0) is 42.3 Å². The van der Waals surface area contributed by atoms with E-state index >= 15 is 0 Å². The number of rotatable bonds is 5. The third-order valence-electron chi connectivity index (χ3n) is 5.13. The first-order valence-electron chi connectivity index (χ1n) is 9.80. The Hall–Kier alpha value is -3.25. The van der Waals surface area contributed by atoms with Crippen molar-refractivity contribution in [2.45, 2.75) is 13.5 Å². The highest BCUT2D eigenvalue weighted by molar-refractivity contribution is 5.94. The monoisotopic (exact) mass is 388 g/mol. The van der Waals surface area contributed by atoms with Crippen LogP contribution in [-0.4, -0.2) is 42.4 Å². The zero-order valence-electron chi connectivity index (χ0n) is 16.5. The first-order valence-corrected chi connectivity index (χ1v) is 9.80. The minimum Gasteiger partial charge on any atom is -0.378 e. The van der Waals surface area contributed by atoms with Gasteiger partial charge in [-0.3, -0.25) is 4.79 Å². The highest BCUT2D eigenvalue weighted by atomic mass is 16.5. The van der Waals surface area contributed by atoms with Gasteiger partial charge in [-0.1, -0.05) is 36.4 Å². The van der Waals surface area contributed by atoms with Crippen LogP contribution in [0.25, 0.3) is 11.3 Å². The van der Waals surface area contributed by atoms with Gasteiger partial charge in [0.05, 0.1) is 18.9 Å². The maximum Gasteiger partial charge on any atom is 0.251 e. The van der Waals surface area contributed by atoms with Gasteiger partial charge in [-0.25, -0.2) is 0 Å². The SMILES string of the molecule is Cc1ccccc1CNC(=O)c1ccc(-c2ccc(N3CCOCC3)nn2)cc1. The summed E-state index contributed by atoms with van der Waals surface area (Å²) in [6.07, 6.45) is 0. The lowest BCUT2D eigenvalue weighted by molar-refractivity contribution is 0.0951. The van der Waals surface area contributed by atoms with Crippen molar-refractivity contribution in [1.29, 1.82) is 0 Å². The lowest BCUT2D eigenvalue weighted by atomic mass is 10.1. The van der Waals surface area contributed by atoms with Crippen molar-refractivity contribution >= 4 is 11.7 Å². The van der Waals surface area contributed by atoms with Gasteiger partial charge in [0, 0.05) is 30.8 Å². The van der Waals surface area contributed by atoms with Crippen LogP contribution >= 0.6 is 0 Å². The molecule has 0 spiro atoms. The summed E-state index contributed by atoms with van der Waals surface area (Å²) in [6, 6.07) is 19.4. The minimum atomic E-state index is -0.0893. The number of ether oxygens (including phenoxy) is 1. The zero-order valence-corrected chi connectivity index (χ0v) is 16.5. The van der Waals surface area contributed by atoms with Crippen molar-refractivity contribution in [1.82, 2.24) is 15.5 Å². The van der Waals surface area contributed by atoms with E-state index in [1.165, 1.54) is 5.56 Å². The first-order chi connectivity index (χ1) is 14.2. The van der Waals surface area contributed by atoms with Gasteiger partial charge < -0.3 is 15.0 Å². The van der Waals surface area contributed by atoms with Crippen LogP contribution in [0.15, 0.2) is 60.7 Å². The molecule has 0 saturated carbocycles.